The summed E-state index contributed by atoms with van der Waals surface area (Å²) in [5.74, 6) is 0. The van der Waals surface area contributed by atoms with Crippen LogP contribution in [0.1, 0.15) is 24.1 Å². The maximum Gasteiger partial charge on any atom is 0.416 e. The van der Waals surface area contributed by atoms with Crippen molar-refractivity contribution >= 4 is 15.9 Å². The van der Waals surface area contributed by atoms with Gasteiger partial charge in [0.05, 0.1) is 16.9 Å². The molecule has 0 radical (unpaired) electrons. The molecular formula is C14H13BrF3N3. The van der Waals surface area contributed by atoms with Gasteiger partial charge in [-0.15, -0.1) is 0 Å². The maximum absolute atomic E-state index is 12.8. The predicted molar refractivity (Wildman–Crippen MR) is 76.1 cm³/mol. The lowest BCUT2D eigenvalue weighted by molar-refractivity contribution is -0.137. The molecule has 1 N–H and O–H groups in total. The highest BCUT2D eigenvalue weighted by Crippen LogP contribution is 2.32. The lowest BCUT2D eigenvalue weighted by Gasteiger charge is -2.10. The SMILES string of the molecule is FC(F)(F)c1cc(Br)cc(-n2ccc(CNC3CC3)n2)c1. The first-order valence-corrected chi connectivity index (χ1v) is 7.37. The Bertz CT molecular complexity index is 647. The third-order valence-electron chi connectivity index (χ3n) is 3.27. The zero-order valence-corrected chi connectivity index (χ0v) is 12.6. The maximum atomic E-state index is 12.8. The molecule has 112 valence electrons. The lowest BCUT2D eigenvalue weighted by atomic mass is 10.2. The highest BCUT2D eigenvalue weighted by molar-refractivity contribution is 9.10. The molecule has 0 aliphatic heterocycles. The molecule has 1 aromatic heterocycles. The molecule has 1 saturated carbocycles. The van der Waals surface area contributed by atoms with Gasteiger partial charge in [-0.1, -0.05) is 15.9 Å². The van der Waals surface area contributed by atoms with Crippen molar-refractivity contribution in [2.24, 2.45) is 0 Å². The van der Waals surface area contributed by atoms with E-state index in [0.717, 1.165) is 17.8 Å². The number of hydrogen-bond acceptors (Lipinski definition) is 2. The van der Waals surface area contributed by atoms with Gasteiger partial charge in [-0.05, 0) is 37.1 Å². The highest BCUT2D eigenvalue weighted by atomic mass is 79.9. The third kappa shape index (κ3) is 3.65. The molecule has 2 aromatic rings. The van der Waals surface area contributed by atoms with Crippen LogP contribution in [0.5, 0.6) is 0 Å². The first-order valence-electron chi connectivity index (χ1n) is 6.58. The van der Waals surface area contributed by atoms with Crippen LogP contribution < -0.4 is 5.32 Å². The molecule has 3 rings (SSSR count). The molecule has 7 heteroatoms. The fourth-order valence-corrected chi connectivity index (χ4v) is 2.49. The summed E-state index contributed by atoms with van der Waals surface area (Å²) in [4.78, 5) is 0. The number of nitrogens with one attached hydrogen (secondary N) is 1. The summed E-state index contributed by atoms with van der Waals surface area (Å²) in [6.45, 7) is 0.637. The normalized spacial score (nSPS) is 15.4. The second-order valence-electron chi connectivity index (χ2n) is 5.10. The summed E-state index contributed by atoms with van der Waals surface area (Å²) in [5, 5.41) is 7.63. The van der Waals surface area contributed by atoms with E-state index >= 15 is 0 Å². The molecule has 3 nitrogen and oxygen atoms in total. The summed E-state index contributed by atoms with van der Waals surface area (Å²) in [5.41, 5.74) is 0.504. The van der Waals surface area contributed by atoms with Crippen molar-refractivity contribution in [3.8, 4) is 5.69 Å². The minimum Gasteiger partial charge on any atom is -0.308 e. The van der Waals surface area contributed by atoms with Crippen LogP contribution in [0.15, 0.2) is 34.9 Å². The number of nitrogens with zero attached hydrogens (tertiary/aromatic N) is 2. The molecule has 0 saturated heterocycles. The molecule has 1 fully saturated rings. The minimum absolute atomic E-state index is 0.375. The van der Waals surface area contributed by atoms with Crippen molar-refractivity contribution in [3.63, 3.8) is 0 Å². The standard InChI is InChI=1S/C14H13BrF3N3/c15-10-5-9(14(16,17)18)6-13(7-10)21-4-3-12(20-21)8-19-11-1-2-11/h3-7,11,19H,1-2,8H2. The predicted octanol–water partition coefficient (Wildman–Crippen LogP) is 3.91. The van der Waals surface area contributed by atoms with E-state index in [0.29, 0.717) is 22.7 Å². The van der Waals surface area contributed by atoms with Crippen molar-refractivity contribution < 1.29 is 13.2 Å². The first-order chi connectivity index (χ1) is 9.91. The van der Waals surface area contributed by atoms with E-state index in [4.69, 9.17) is 0 Å². The van der Waals surface area contributed by atoms with Crippen molar-refractivity contribution in [2.75, 3.05) is 0 Å². The van der Waals surface area contributed by atoms with Gasteiger partial charge in [0.1, 0.15) is 0 Å². The number of aromatic nitrogens is 2. The number of halogens is 4. The average molecular weight is 360 g/mol. The fraction of sp³-hybridized carbons (Fsp3) is 0.357. The molecule has 0 atom stereocenters. The zero-order valence-electron chi connectivity index (χ0n) is 11.0. The van der Waals surface area contributed by atoms with Crippen molar-refractivity contribution in [1.29, 1.82) is 0 Å². The van der Waals surface area contributed by atoms with E-state index in [2.05, 4.69) is 26.3 Å². The smallest absolute Gasteiger partial charge is 0.308 e. The lowest BCUT2D eigenvalue weighted by Crippen LogP contribution is -2.15. The Morgan fingerprint density at radius 3 is 2.71 bits per heavy atom. The quantitative estimate of drug-likeness (QED) is 0.896. The van der Waals surface area contributed by atoms with Gasteiger partial charge < -0.3 is 5.32 Å². The summed E-state index contributed by atoms with van der Waals surface area (Å²) < 4.78 is 40.3. The van der Waals surface area contributed by atoms with Gasteiger partial charge >= 0.3 is 6.18 Å². The van der Waals surface area contributed by atoms with Crippen LogP contribution in [0, 0.1) is 0 Å². The molecule has 1 aliphatic carbocycles. The van der Waals surface area contributed by atoms with Gasteiger partial charge in [-0.25, -0.2) is 4.68 Å². The van der Waals surface area contributed by atoms with E-state index in [1.165, 1.54) is 17.5 Å². The van der Waals surface area contributed by atoms with Crippen LogP contribution in [-0.2, 0) is 12.7 Å². The van der Waals surface area contributed by atoms with Crippen LogP contribution in [0.4, 0.5) is 13.2 Å². The Kier molecular flexibility index (Phi) is 3.79. The highest BCUT2D eigenvalue weighted by Gasteiger charge is 2.31. The molecule has 1 heterocycles. The topological polar surface area (TPSA) is 29.9 Å². The van der Waals surface area contributed by atoms with Gasteiger partial charge in [-0.3, -0.25) is 0 Å². The number of rotatable bonds is 4. The molecule has 0 unspecified atom stereocenters. The van der Waals surface area contributed by atoms with Crippen LogP contribution in [0.25, 0.3) is 5.69 Å². The van der Waals surface area contributed by atoms with Crippen LogP contribution in [0.2, 0.25) is 0 Å². The monoisotopic (exact) mass is 359 g/mol. The molecule has 1 aliphatic rings. The number of alkyl halides is 3. The first kappa shape index (κ1) is 14.6. The summed E-state index contributed by atoms with van der Waals surface area (Å²) in [6, 6.07) is 6.14. The molecular weight excluding hydrogens is 347 g/mol. The molecule has 0 spiro atoms. The van der Waals surface area contributed by atoms with Crippen LogP contribution in [0.3, 0.4) is 0 Å². The third-order valence-corrected chi connectivity index (χ3v) is 3.73. The van der Waals surface area contributed by atoms with Gasteiger partial charge in [0.25, 0.3) is 0 Å². The Labute approximate surface area is 128 Å². The molecule has 0 bridgehead atoms. The Hall–Kier alpha value is -1.34. The van der Waals surface area contributed by atoms with Crippen molar-refractivity contribution in [2.45, 2.75) is 31.6 Å². The van der Waals surface area contributed by atoms with E-state index in [1.54, 1.807) is 12.3 Å². The van der Waals surface area contributed by atoms with Crippen LogP contribution in [-0.4, -0.2) is 15.8 Å². The molecule has 1 aromatic carbocycles. The number of benzene rings is 1. The summed E-state index contributed by atoms with van der Waals surface area (Å²) in [6.07, 6.45) is -0.337. The van der Waals surface area contributed by atoms with Gasteiger partial charge in [0.15, 0.2) is 0 Å². The summed E-state index contributed by atoms with van der Waals surface area (Å²) >= 11 is 3.11. The van der Waals surface area contributed by atoms with Crippen molar-refractivity contribution in [3.05, 3.63) is 46.2 Å². The second kappa shape index (κ2) is 5.46. The summed E-state index contributed by atoms with van der Waals surface area (Å²) in [7, 11) is 0. The second-order valence-corrected chi connectivity index (χ2v) is 6.02. The van der Waals surface area contributed by atoms with Crippen molar-refractivity contribution in [1.82, 2.24) is 15.1 Å². The van der Waals surface area contributed by atoms with Gasteiger partial charge in [0.2, 0.25) is 0 Å². The average Bonchev–Trinajstić information content (AvgIpc) is 3.11. The van der Waals surface area contributed by atoms with E-state index in [-0.39, 0.29) is 0 Å². The fourth-order valence-electron chi connectivity index (χ4n) is 2.01. The van der Waals surface area contributed by atoms with E-state index in [1.807, 2.05) is 6.07 Å². The van der Waals surface area contributed by atoms with Gasteiger partial charge in [0, 0.05) is 23.3 Å². The zero-order chi connectivity index (χ0) is 15.0. The Balaban J connectivity index is 1.83. The van der Waals surface area contributed by atoms with Crippen LogP contribution >= 0.6 is 15.9 Å². The molecule has 21 heavy (non-hydrogen) atoms. The van der Waals surface area contributed by atoms with Gasteiger partial charge in [-0.2, -0.15) is 18.3 Å². The number of hydrogen-bond donors (Lipinski definition) is 1. The van der Waals surface area contributed by atoms with E-state index in [9.17, 15) is 13.2 Å². The van der Waals surface area contributed by atoms with E-state index < -0.39 is 11.7 Å². The largest absolute Gasteiger partial charge is 0.416 e. The Morgan fingerprint density at radius 1 is 1.29 bits per heavy atom. The Morgan fingerprint density at radius 2 is 2.05 bits per heavy atom. The molecule has 0 amide bonds. The minimum atomic E-state index is -4.37.